The van der Waals surface area contributed by atoms with Crippen molar-refractivity contribution in [3.8, 4) is 5.75 Å². The molecule has 0 bridgehead atoms. The van der Waals surface area contributed by atoms with E-state index in [9.17, 15) is 39.6 Å². The highest BCUT2D eigenvalue weighted by molar-refractivity contribution is 6.25. The fourth-order valence-electron chi connectivity index (χ4n) is 5.80. The lowest BCUT2D eigenvalue weighted by molar-refractivity contribution is -0.148. The van der Waals surface area contributed by atoms with E-state index in [-0.39, 0.29) is 36.2 Å². The third kappa shape index (κ3) is 3.88. The molecular weight excluding hydrogens is 484 g/mol. The molecule has 3 aliphatic rings. The van der Waals surface area contributed by atoms with E-state index in [0.29, 0.717) is 5.56 Å². The lowest BCUT2D eigenvalue weighted by atomic mass is 9.58. The molecule has 3 aliphatic carbocycles. The van der Waals surface area contributed by atoms with Crippen molar-refractivity contribution in [3.05, 3.63) is 45.9 Å². The lowest BCUT2D eigenvalue weighted by Crippen LogP contribution is -2.63. The number of carbonyl (C=O) groups is 4. The van der Waals surface area contributed by atoms with Crippen molar-refractivity contribution >= 4 is 29.1 Å². The maximum Gasteiger partial charge on any atom is 0.255 e. The summed E-state index contributed by atoms with van der Waals surface area (Å²) in [4.78, 5) is 54.3. The van der Waals surface area contributed by atoms with Gasteiger partial charge in [0.25, 0.3) is 5.91 Å². The number of primary amides is 1. The number of likely N-dealkylation sites (N-methyl/N-ethyl adjacent to an activating group) is 2. The van der Waals surface area contributed by atoms with Gasteiger partial charge in [0.2, 0.25) is 11.7 Å². The number of amides is 2. The molecule has 12 heteroatoms. The third-order valence-corrected chi connectivity index (χ3v) is 7.33. The van der Waals surface area contributed by atoms with Crippen LogP contribution in [0.5, 0.6) is 5.75 Å². The minimum Gasteiger partial charge on any atom is -0.510 e. The van der Waals surface area contributed by atoms with Crippen molar-refractivity contribution in [2.75, 3.05) is 40.1 Å². The zero-order chi connectivity index (χ0) is 27.6. The number of aliphatic hydroxyl groups excluding tert-OH is 2. The summed E-state index contributed by atoms with van der Waals surface area (Å²) in [6, 6.07) is 2.02. The first-order valence-electron chi connectivity index (χ1n) is 11.7. The third-order valence-electron chi connectivity index (χ3n) is 7.33. The Balaban J connectivity index is 1.84. The molecule has 0 saturated carbocycles. The van der Waals surface area contributed by atoms with Gasteiger partial charge in [0.05, 0.1) is 23.8 Å². The second-order valence-corrected chi connectivity index (χ2v) is 10.2. The largest absolute Gasteiger partial charge is 0.510 e. The number of rotatable bonds is 5. The Bertz CT molecular complexity index is 1300. The van der Waals surface area contributed by atoms with Gasteiger partial charge in [-0.15, -0.1) is 0 Å². The van der Waals surface area contributed by atoms with Crippen LogP contribution in [-0.4, -0.2) is 100.0 Å². The van der Waals surface area contributed by atoms with E-state index in [1.54, 1.807) is 39.2 Å². The van der Waals surface area contributed by atoms with Crippen molar-refractivity contribution in [1.82, 2.24) is 9.80 Å². The summed E-state index contributed by atoms with van der Waals surface area (Å²) < 4.78 is 0. The quantitative estimate of drug-likeness (QED) is 0.223. The van der Waals surface area contributed by atoms with Crippen LogP contribution in [0.3, 0.4) is 0 Å². The first kappa shape index (κ1) is 26.3. The topological polar surface area (TPSA) is 194 Å². The number of phenolic OH excluding ortho intramolecular Hbond substituents is 1. The smallest absolute Gasteiger partial charge is 0.255 e. The number of fused-ring (bicyclic) bond motifs is 3. The summed E-state index contributed by atoms with van der Waals surface area (Å²) >= 11 is 0. The molecule has 0 fully saturated rings. The first-order chi connectivity index (χ1) is 17.2. The molecule has 1 aromatic rings. The fraction of sp³-hybridized carbons (Fsp3) is 0.440. The predicted molar refractivity (Wildman–Crippen MR) is 131 cm³/mol. The van der Waals surface area contributed by atoms with Gasteiger partial charge in [0, 0.05) is 11.5 Å². The summed E-state index contributed by atoms with van der Waals surface area (Å²) in [7, 11) is 6.52. The Labute approximate surface area is 212 Å². The van der Waals surface area contributed by atoms with Crippen molar-refractivity contribution < 1.29 is 39.6 Å². The predicted octanol–water partition coefficient (Wildman–Crippen LogP) is -0.379. The average molecular weight is 515 g/mol. The average Bonchev–Trinajstić information content (AvgIpc) is 2.77. The normalized spacial score (nSPS) is 27.3. The van der Waals surface area contributed by atoms with Gasteiger partial charge in [-0.1, -0.05) is 6.07 Å². The van der Waals surface area contributed by atoms with Crippen LogP contribution in [0, 0.1) is 11.8 Å². The highest BCUT2D eigenvalue weighted by atomic mass is 16.3. The molecule has 198 valence electrons. The van der Waals surface area contributed by atoms with Gasteiger partial charge in [0.1, 0.15) is 17.1 Å². The number of hydrogen-bond donors (Lipinski definition) is 6. The number of nitrogens with zero attached hydrogens (tertiary/aromatic N) is 2. The van der Waals surface area contributed by atoms with Gasteiger partial charge < -0.3 is 36.4 Å². The van der Waals surface area contributed by atoms with Gasteiger partial charge in [-0.25, -0.2) is 0 Å². The Morgan fingerprint density at radius 1 is 1.14 bits per heavy atom. The minimum absolute atomic E-state index is 0.00447. The number of hydrogen-bond acceptors (Lipinski definition) is 10. The Kier molecular flexibility index (Phi) is 6.39. The molecule has 0 radical (unpaired) electrons. The molecule has 1 aromatic carbocycles. The van der Waals surface area contributed by atoms with Crippen LogP contribution in [0.15, 0.2) is 34.8 Å². The fourth-order valence-corrected chi connectivity index (χ4v) is 5.80. The van der Waals surface area contributed by atoms with Gasteiger partial charge in [0.15, 0.2) is 17.1 Å². The van der Waals surface area contributed by atoms with Crippen molar-refractivity contribution in [1.29, 1.82) is 0 Å². The van der Waals surface area contributed by atoms with Crippen LogP contribution in [0.1, 0.15) is 22.3 Å². The summed E-state index contributed by atoms with van der Waals surface area (Å²) in [6.07, 6.45) is 0.182. The van der Waals surface area contributed by atoms with Crippen LogP contribution >= 0.6 is 0 Å². The number of Topliss-reactive ketones (excluding diaryl/α,β-unsaturated/α-hetero) is 2. The molecule has 0 unspecified atom stereocenters. The van der Waals surface area contributed by atoms with E-state index < -0.39 is 69.7 Å². The van der Waals surface area contributed by atoms with Crippen LogP contribution in [0.25, 0.3) is 0 Å². The number of phenols is 1. The molecule has 0 spiro atoms. The molecular formula is C25H30N4O8. The Morgan fingerprint density at radius 2 is 1.78 bits per heavy atom. The van der Waals surface area contributed by atoms with Gasteiger partial charge in [-0.3, -0.25) is 24.1 Å². The number of ketones is 2. The molecule has 0 aromatic heterocycles. The number of benzene rings is 1. The Hall–Kier alpha value is -3.74. The standard InChI is InChI=1S/C25H30N4O8/c1-28(2)9-14(30)27-13-6-5-10-7-11-8-12-18(29(3)4)21(33)17(24(26)36)23(35)25(12,37)22(34)16(11)20(32)15(10)19(13)31/h5-6,11-12,18,31,33-34,37H,7-9H2,1-4H3,(H2,26,36)(H,27,30)/t11-,12-,18-,25-/m0/s1. The number of aromatic hydroxyl groups is 1. The van der Waals surface area contributed by atoms with Crippen LogP contribution in [0.4, 0.5) is 5.69 Å². The van der Waals surface area contributed by atoms with E-state index in [2.05, 4.69) is 5.32 Å². The van der Waals surface area contributed by atoms with Gasteiger partial charge in [-0.2, -0.15) is 0 Å². The van der Waals surface area contributed by atoms with Gasteiger partial charge in [-0.05, 0) is 58.6 Å². The van der Waals surface area contributed by atoms with Crippen LogP contribution < -0.4 is 11.1 Å². The van der Waals surface area contributed by atoms with E-state index in [1.807, 2.05) is 0 Å². The number of nitrogens with one attached hydrogen (secondary N) is 1. The van der Waals surface area contributed by atoms with E-state index in [4.69, 9.17) is 5.73 Å². The zero-order valence-corrected chi connectivity index (χ0v) is 20.9. The van der Waals surface area contributed by atoms with Crippen molar-refractivity contribution in [2.45, 2.75) is 24.5 Å². The number of nitrogens with two attached hydrogens (primary N) is 1. The number of aliphatic hydroxyl groups is 3. The van der Waals surface area contributed by atoms with Crippen LogP contribution in [0.2, 0.25) is 0 Å². The lowest BCUT2D eigenvalue weighted by Gasteiger charge is -2.50. The zero-order valence-electron chi connectivity index (χ0n) is 20.9. The van der Waals surface area contributed by atoms with Crippen LogP contribution in [-0.2, 0) is 20.8 Å². The molecule has 37 heavy (non-hydrogen) atoms. The molecule has 4 atom stereocenters. The molecule has 12 nitrogen and oxygen atoms in total. The summed E-state index contributed by atoms with van der Waals surface area (Å²) in [5.41, 5.74) is 1.80. The minimum atomic E-state index is -2.70. The molecule has 4 rings (SSSR count). The highest BCUT2D eigenvalue weighted by Gasteiger charge is 2.63. The molecule has 0 saturated heterocycles. The molecule has 0 aliphatic heterocycles. The molecule has 0 heterocycles. The van der Waals surface area contributed by atoms with E-state index in [0.717, 1.165) is 0 Å². The number of allylic oxidation sites excluding steroid dienone is 1. The SMILES string of the molecule is CN(C)CC(=O)Nc1ccc2c(c1O)C(=O)C1=C(O)[C@]3(O)C(=O)C(C(N)=O)=C(O)[C@@H](N(C)C)[C@@H]3C[C@@H]1C2. The van der Waals surface area contributed by atoms with Crippen molar-refractivity contribution in [3.63, 3.8) is 0 Å². The molecule has 2 amide bonds. The van der Waals surface area contributed by atoms with Crippen molar-refractivity contribution in [2.24, 2.45) is 17.6 Å². The number of carbonyl (C=O) groups excluding carboxylic acids is 4. The second-order valence-electron chi connectivity index (χ2n) is 10.2. The Morgan fingerprint density at radius 3 is 2.35 bits per heavy atom. The highest BCUT2D eigenvalue weighted by Crippen LogP contribution is 2.52. The maximum atomic E-state index is 13.6. The maximum absolute atomic E-state index is 13.6. The van der Waals surface area contributed by atoms with Gasteiger partial charge >= 0.3 is 0 Å². The van der Waals surface area contributed by atoms with E-state index in [1.165, 1.54) is 11.0 Å². The summed E-state index contributed by atoms with van der Waals surface area (Å²) in [5.74, 6) is -7.61. The molecule has 7 N–H and O–H groups in total. The second kappa shape index (κ2) is 8.98. The summed E-state index contributed by atoms with van der Waals surface area (Å²) in [5, 5.41) is 47.1. The van der Waals surface area contributed by atoms with E-state index >= 15 is 0 Å². The monoisotopic (exact) mass is 514 g/mol. The summed E-state index contributed by atoms with van der Waals surface area (Å²) in [6.45, 7) is 0.0324. The first-order valence-corrected chi connectivity index (χ1v) is 11.7. The number of anilines is 1.